The van der Waals surface area contributed by atoms with Gasteiger partial charge in [-0.05, 0) is 13.0 Å². The maximum Gasteiger partial charge on any atom is 0.124 e. The summed E-state index contributed by atoms with van der Waals surface area (Å²) < 4.78 is 4.87. The van der Waals surface area contributed by atoms with Gasteiger partial charge in [-0.15, -0.1) is 0 Å². The number of aliphatic hydroxyl groups excluding tert-OH is 2. The Bertz CT molecular complexity index is 121. The molecule has 0 saturated heterocycles. The van der Waals surface area contributed by atoms with E-state index < -0.39 is 12.2 Å². The molecule has 1 heterocycles. The molecule has 1 aliphatic heterocycles. The molecular formula is C6H10O3. The van der Waals surface area contributed by atoms with E-state index in [0.717, 1.165) is 0 Å². The van der Waals surface area contributed by atoms with Crippen LogP contribution in [0.5, 0.6) is 0 Å². The molecule has 0 aromatic carbocycles. The highest BCUT2D eigenvalue weighted by molar-refractivity contribution is 4.95. The van der Waals surface area contributed by atoms with E-state index in [2.05, 4.69) is 0 Å². The zero-order valence-corrected chi connectivity index (χ0v) is 5.19. The van der Waals surface area contributed by atoms with Crippen LogP contribution in [0.2, 0.25) is 0 Å². The van der Waals surface area contributed by atoms with Crippen LogP contribution in [0.1, 0.15) is 6.92 Å². The number of hydrogen-bond donors (Lipinski definition) is 2. The molecular weight excluding hydrogens is 120 g/mol. The van der Waals surface area contributed by atoms with Gasteiger partial charge in [0.05, 0.1) is 6.26 Å². The SMILES string of the molecule is CC1OC=CC(O)C1O. The summed E-state index contributed by atoms with van der Waals surface area (Å²) >= 11 is 0. The van der Waals surface area contributed by atoms with Gasteiger partial charge in [0.1, 0.15) is 18.3 Å². The van der Waals surface area contributed by atoms with Crippen molar-refractivity contribution in [1.29, 1.82) is 0 Å². The van der Waals surface area contributed by atoms with Gasteiger partial charge in [0.15, 0.2) is 0 Å². The lowest BCUT2D eigenvalue weighted by Crippen LogP contribution is -2.37. The van der Waals surface area contributed by atoms with Gasteiger partial charge in [0, 0.05) is 0 Å². The van der Waals surface area contributed by atoms with Gasteiger partial charge in [0.25, 0.3) is 0 Å². The maximum atomic E-state index is 9.02. The van der Waals surface area contributed by atoms with Crippen molar-refractivity contribution in [2.24, 2.45) is 0 Å². The predicted molar refractivity (Wildman–Crippen MR) is 31.7 cm³/mol. The van der Waals surface area contributed by atoms with E-state index in [9.17, 15) is 0 Å². The predicted octanol–water partition coefficient (Wildman–Crippen LogP) is -0.359. The zero-order chi connectivity index (χ0) is 6.85. The third-order valence-corrected chi connectivity index (χ3v) is 1.40. The smallest absolute Gasteiger partial charge is 0.124 e. The molecule has 0 fully saturated rings. The van der Waals surface area contributed by atoms with Crippen molar-refractivity contribution in [3.05, 3.63) is 12.3 Å². The summed E-state index contributed by atoms with van der Waals surface area (Å²) in [6.45, 7) is 1.71. The molecule has 52 valence electrons. The molecule has 3 unspecified atom stereocenters. The topological polar surface area (TPSA) is 49.7 Å². The average Bonchev–Trinajstić information content (AvgIpc) is 1.83. The summed E-state index contributed by atoms with van der Waals surface area (Å²) in [5.41, 5.74) is 0. The van der Waals surface area contributed by atoms with Gasteiger partial charge >= 0.3 is 0 Å². The van der Waals surface area contributed by atoms with Crippen molar-refractivity contribution in [3.8, 4) is 0 Å². The van der Waals surface area contributed by atoms with Gasteiger partial charge in [-0.25, -0.2) is 0 Å². The van der Waals surface area contributed by atoms with E-state index in [1.807, 2.05) is 0 Å². The van der Waals surface area contributed by atoms with Crippen molar-refractivity contribution >= 4 is 0 Å². The van der Waals surface area contributed by atoms with E-state index in [0.29, 0.717) is 0 Å². The molecule has 3 nitrogen and oxygen atoms in total. The summed E-state index contributed by atoms with van der Waals surface area (Å²) in [5, 5.41) is 18.0. The van der Waals surface area contributed by atoms with Crippen LogP contribution >= 0.6 is 0 Å². The van der Waals surface area contributed by atoms with Crippen LogP contribution in [0.25, 0.3) is 0 Å². The quantitative estimate of drug-likeness (QED) is 0.471. The van der Waals surface area contributed by atoms with Crippen LogP contribution in [-0.2, 0) is 4.74 Å². The first-order chi connectivity index (χ1) is 4.22. The monoisotopic (exact) mass is 130 g/mol. The molecule has 2 N–H and O–H groups in total. The van der Waals surface area contributed by atoms with Gasteiger partial charge in [-0.2, -0.15) is 0 Å². The molecule has 0 aliphatic carbocycles. The Morgan fingerprint density at radius 3 is 2.56 bits per heavy atom. The molecule has 3 heteroatoms. The van der Waals surface area contributed by atoms with Crippen molar-refractivity contribution in [2.75, 3.05) is 0 Å². The Morgan fingerprint density at radius 1 is 1.44 bits per heavy atom. The van der Waals surface area contributed by atoms with E-state index in [4.69, 9.17) is 14.9 Å². The van der Waals surface area contributed by atoms with Crippen LogP contribution in [0.15, 0.2) is 12.3 Å². The fourth-order valence-electron chi connectivity index (χ4n) is 0.722. The van der Waals surface area contributed by atoms with Crippen molar-refractivity contribution < 1.29 is 14.9 Å². The lowest BCUT2D eigenvalue weighted by atomic mass is 10.1. The lowest BCUT2D eigenvalue weighted by molar-refractivity contribution is -0.0543. The maximum absolute atomic E-state index is 9.02. The zero-order valence-electron chi connectivity index (χ0n) is 5.19. The van der Waals surface area contributed by atoms with Gasteiger partial charge < -0.3 is 14.9 Å². The largest absolute Gasteiger partial charge is 0.496 e. The summed E-state index contributed by atoms with van der Waals surface area (Å²) in [7, 11) is 0. The Labute approximate surface area is 53.6 Å². The summed E-state index contributed by atoms with van der Waals surface area (Å²) in [6, 6.07) is 0. The van der Waals surface area contributed by atoms with E-state index >= 15 is 0 Å². The Kier molecular flexibility index (Phi) is 1.73. The van der Waals surface area contributed by atoms with Gasteiger partial charge in [-0.1, -0.05) is 0 Å². The first kappa shape index (κ1) is 6.58. The number of rotatable bonds is 0. The number of hydrogen-bond acceptors (Lipinski definition) is 3. The highest BCUT2D eigenvalue weighted by Gasteiger charge is 2.24. The van der Waals surface area contributed by atoms with Crippen LogP contribution in [-0.4, -0.2) is 28.5 Å². The summed E-state index contributed by atoms with van der Waals surface area (Å²) in [4.78, 5) is 0. The third kappa shape index (κ3) is 1.23. The van der Waals surface area contributed by atoms with E-state index in [1.165, 1.54) is 12.3 Å². The van der Waals surface area contributed by atoms with Crippen molar-refractivity contribution in [3.63, 3.8) is 0 Å². The van der Waals surface area contributed by atoms with Gasteiger partial charge in [0.2, 0.25) is 0 Å². The second kappa shape index (κ2) is 2.37. The summed E-state index contributed by atoms with van der Waals surface area (Å²) in [6.07, 6.45) is 0.973. The molecule has 0 bridgehead atoms. The molecule has 0 spiro atoms. The Balaban J connectivity index is 2.58. The Morgan fingerprint density at radius 2 is 2.11 bits per heavy atom. The van der Waals surface area contributed by atoms with Crippen LogP contribution in [0.4, 0.5) is 0 Å². The van der Waals surface area contributed by atoms with Gasteiger partial charge in [-0.3, -0.25) is 0 Å². The number of ether oxygens (including phenoxy) is 1. The average molecular weight is 130 g/mol. The minimum absolute atomic E-state index is 0.301. The second-order valence-electron chi connectivity index (χ2n) is 2.15. The molecule has 0 aromatic heterocycles. The fourth-order valence-corrected chi connectivity index (χ4v) is 0.722. The number of aliphatic hydroxyl groups is 2. The molecule has 1 rings (SSSR count). The standard InChI is InChI=1S/C6H10O3/c1-4-6(8)5(7)2-3-9-4/h2-8H,1H3. The lowest BCUT2D eigenvalue weighted by Gasteiger charge is -2.24. The minimum Gasteiger partial charge on any atom is -0.496 e. The van der Waals surface area contributed by atoms with Crippen LogP contribution in [0, 0.1) is 0 Å². The van der Waals surface area contributed by atoms with Crippen LogP contribution < -0.4 is 0 Å². The first-order valence-electron chi connectivity index (χ1n) is 2.90. The second-order valence-corrected chi connectivity index (χ2v) is 2.15. The first-order valence-corrected chi connectivity index (χ1v) is 2.90. The minimum atomic E-state index is -0.782. The van der Waals surface area contributed by atoms with Crippen LogP contribution in [0.3, 0.4) is 0 Å². The molecule has 3 atom stereocenters. The fraction of sp³-hybridized carbons (Fsp3) is 0.667. The van der Waals surface area contributed by atoms with Crippen molar-refractivity contribution in [1.82, 2.24) is 0 Å². The molecule has 1 aliphatic rings. The normalized spacial score (nSPS) is 42.3. The highest BCUT2D eigenvalue weighted by atomic mass is 16.5. The third-order valence-electron chi connectivity index (χ3n) is 1.40. The molecule has 9 heavy (non-hydrogen) atoms. The van der Waals surface area contributed by atoms with Crippen molar-refractivity contribution in [2.45, 2.75) is 25.2 Å². The highest BCUT2D eigenvalue weighted by Crippen LogP contribution is 2.10. The summed E-state index contributed by atoms with van der Waals surface area (Å²) in [5.74, 6) is 0. The molecule has 0 aromatic rings. The van der Waals surface area contributed by atoms with E-state index in [1.54, 1.807) is 6.92 Å². The Hall–Kier alpha value is -0.540. The van der Waals surface area contributed by atoms with E-state index in [-0.39, 0.29) is 6.10 Å². The molecule has 0 saturated carbocycles. The molecule has 0 amide bonds. The molecule has 0 radical (unpaired) electrons.